The molecule has 1 aromatic heterocycles. The van der Waals surface area contributed by atoms with Gasteiger partial charge in [0, 0.05) is 31.6 Å². The summed E-state index contributed by atoms with van der Waals surface area (Å²) in [6.07, 6.45) is 1.41. The maximum atomic E-state index is 14.6. The molecule has 0 aliphatic carbocycles. The predicted molar refractivity (Wildman–Crippen MR) is 118 cm³/mol. The number of hydrogen-bond donors (Lipinski definition) is 3. The summed E-state index contributed by atoms with van der Waals surface area (Å²) < 4.78 is 25.5. The molecule has 0 spiro atoms. The van der Waals surface area contributed by atoms with Gasteiger partial charge < -0.3 is 25.2 Å². The van der Waals surface area contributed by atoms with E-state index in [1.165, 1.54) is 12.1 Å². The molecule has 1 aromatic carbocycles. The molecule has 2 atom stereocenters. The Balaban J connectivity index is 1.54. The van der Waals surface area contributed by atoms with Crippen molar-refractivity contribution < 1.29 is 28.6 Å². The first-order valence-corrected chi connectivity index (χ1v) is 11.2. The summed E-state index contributed by atoms with van der Waals surface area (Å²) in [4.78, 5) is 29.4. The molecule has 0 radical (unpaired) electrons. The van der Waals surface area contributed by atoms with Gasteiger partial charge in [0.1, 0.15) is 17.3 Å². The van der Waals surface area contributed by atoms with E-state index in [-0.39, 0.29) is 23.8 Å². The van der Waals surface area contributed by atoms with E-state index in [0.717, 1.165) is 12.0 Å². The maximum Gasteiger partial charge on any atom is 0.270 e. The third-order valence-electron chi connectivity index (χ3n) is 5.79. The summed E-state index contributed by atoms with van der Waals surface area (Å²) in [5.41, 5.74) is 2.27. The number of aliphatic hydroxyl groups is 1. The van der Waals surface area contributed by atoms with Crippen LogP contribution < -0.4 is 15.4 Å². The van der Waals surface area contributed by atoms with E-state index in [0.29, 0.717) is 56.0 Å². The Kier molecular flexibility index (Phi) is 7.20. The summed E-state index contributed by atoms with van der Waals surface area (Å²) in [5.74, 6) is -0.809. The quantitative estimate of drug-likeness (QED) is 0.585. The van der Waals surface area contributed by atoms with Crippen molar-refractivity contribution in [1.29, 1.82) is 0 Å². The second-order valence-electron chi connectivity index (χ2n) is 8.30. The summed E-state index contributed by atoms with van der Waals surface area (Å²) in [6.45, 7) is 3.52. The first-order chi connectivity index (χ1) is 16.0. The molecule has 4 rings (SSSR count). The fraction of sp³-hybridized carbons (Fsp3) is 0.458. The molecule has 3 N–H and O–H groups in total. The molecular weight excluding hydrogens is 429 g/mol. The number of amides is 2. The van der Waals surface area contributed by atoms with Gasteiger partial charge >= 0.3 is 0 Å². The van der Waals surface area contributed by atoms with Crippen LogP contribution >= 0.6 is 0 Å². The van der Waals surface area contributed by atoms with Gasteiger partial charge in [-0.15, -0.1) is 0 Å². The number of halogens is 1. The van der Waals surface area contributed by atoms with Crippen molar-refractivity contribution in [2.24, 2.45) is 0 Å². The Bertz CT molecular complexity index is 1050. The Hall–Kier alpha value is -3.04. The third kappa shape index (κ3) is 5.31. The first kappa shape index (κ1) is 23.1. The number of hydrogen-bond acceptors (Lipinski definition) is 6. The number of fused-ring (bicyclic) bond motifs is 1. The van der Waals surface area contributed by atoms with Crippen LogP contribution in [-0.4, -0.2) is 60.4 Å². The second kappa shape index (κ2) is 10.3. The second-order valence-corrected chi connectivity index (χ2v) is 8.30. The average Bonchev–Trinajstić information content (AvgIpc) is 3.28. The molecule has 8 nitrogen and oxygen atoms in total. The highest BCUT2D eigenvalue weighted by atomic mass is 19.1. The number of pyridine rings is 1. The molecule has 9 heteroatoms. The minimum atomic E-state index is -0.768. The van der Waals surface area contributed by atoms with E-state index in [1.54, 1.807) is 12.1 Å². The zero-order valence-electron chi connectivity index (χ0n) is 18.5. The van der Waals surface area contributed by atoms with E-state index < -0.39 is 23.9 Å². The standard InChI is InChI=1S/C24H28FN3O5/c1-2-7-26-23(30)16-4-3-14(11-17(16)25)10-15-12-20(27-19-6-9-33-22(15)19)24(31)28-18-5-8-32-13-21(18)29/h3-4,11-12,18,21,29H,2,5-10,13H2,1H3,(H,26,30)(H,28,31)/t18-,21-/m0/s1. The SMILES string of the molecule is CCCNC(=O)c1ccc(Cc2cc(C(=O)N[C@H]3CCOC[C@@H]3O)nc3c2OCC3)cc1F. The largest absolute Gasteiger partial charge is 0.491 e. The van der Waals surface area contributed by atoms with E-state index in [2.05, 4.69) is 15.6 Å². The minimum Gasteiger partial charge on any atom is -0.491 e. The smallest absolute Gasteiger partial charge is 0.270 e. The van der Waals surface area contributed by atoms with Gasteiger partial charge in [-0.2, -0.15) is 0 Å². The average molecular weight is 458 g/mol. The van der Waals surface area contributed by atoms with Crippen LogP contribution in [0.25, 0.3) is 0 Å². The van der Waals surface area contributed by atoms with Gasteiger partial charge in [-0.05, 0) is 36.6 Å². The Morgan fingerprint density at radius 2 is 2.09 bits per heavy atom. The molecule has 1 fully saturated rings. The highest BCUT2D eigenvalue weighted by Gasteiger charge is 2.28. The van der Waals surface area contributed by atoms with Gasteiger partial charge in [-0.3, -0.25) is 9.59 Å². The number of aliphatic hydroxyl groups excluding tert-OH is 1. The normalized spacial score (nSPS) is 19.5. The van der Waals surface area contributed by atoms with E-state index in [9.17, 15) is 19.1 Å². The fourth-order valence-electron chi connectivity index (χ4n) is 4.03. The molecule has 2 aliphatic heterocycles. The lowest BCUT2D eigenvalue weighted by molar-refractivity contribution is -0.0261. The number of nitrogens with one attached hydrogen (secondary N) is 2. The van der Waals surface area contributed by atoms with E-state index in [1.807, 2.05) is 6.92 Å². The fourth-order valence-corrected chi connectivity index (χ4v) is 4.03. The highest BCUT2D eigenvalue weighted by molar-refractivity contribution is 5.94. The van der Waals surface area contributed by atoms with Crippen molar-refractivity contribution in [1.82, 2.24) is 15.6 Å². The van der Waals surface area contributed by atoms with Crippen molar-refractivity contribution in [3.8, 4) is 5.75 Å². The molecule has 1 saturated heterocycles. The van der Waals surface area contributed by atoms with Crippen LogP contribution in [0.5, 0.6) is 5.75 Å². The molecule has 2 aliphatic rings. The van der Waals surface area contributed by atoms with Crippen LogP contribution in [0.3, 0.4) is 0 Å². The van der Waals surface area contributed by atoms with Crippen LogP contribution in [-0.2, 0) is 17.6 Å². The van der Waals surface area contributed by atoms with E-state index >= 15 is 0 Å². The third-order valence-corrected chi connectivity index (χ3v) is 5.79. The Labute approximate surface area is 191 Å². The lowest BCUT2D eigenvalue weighted by Crippen LogP contribution is -2.48. The van der Waals surface area contributed by atoms with Crippen molar-refractivity contribution in [3.05, 3.63) is 58.2 Å². The van der Waals surface area contributed by atoms with Gasteiger partial charge in [0.15, 0.2) is 0 Å². The number of carbonyl (C=O) groups excluding carboxylic acids is 2. The summed E-state index contributed by atoms with van der Waals surface area (Å²) in [7, 11) is 0. The van der Waals surface area contributed by atoms with Crippen molar-refractivity contribution in [2.45, 2.75) is 44.8 Å². The van der Waals surface area contributed by atoms with Gasteiger partial charge in [-0.25, -0.2) is 9.37 Å². The highest BCUT2D eigenvalue weighted by Crippen LogP contribution is 2.31. The molecule has 0 saturated carbocycles. The van der Waals surface area contributed by atoms with Gasteiger partial charge in [-0.1, -0.05) is 13.0 Å². The minimum absolute atomic E-state index is 0.00140. The lowest BCUT2D eigenvalue weighted by Gasteiger charge is -2.28. The van der Waals surface area contributed by atoms with Crippen LogP contribution in [0.15, 0.2) is 24.3 Å². The van der Waals surface area contributed by atoms with Crippen molar-refractivity contribution in [3.63, 3.8) is 0 Å². The van der Waals surface area contributed by atoms with Gasteiger partial charge in [0.2, 0.25) is 0 Å². The zero-order chi connectivity index (χ0) is 23.4. The molecular formula is C24H28FN3O5. The number of carbonyl (C=O) groups is 2. The first-order valence-electron chi connectivity index (χ1n) is 11.2. The van der Waals surface area contributed by atoms with Crippen molar-refractivity contribution in [2.75, 3.05) is 26.4 Å². The number of nitrogens with zero attached hydrogens (tertiary/aromatic N) is 1. The summed E-state index contributed by atoms with van der Waals surface area (Å²) in [6, 6.07) is 5.75. The molecule has 0 unspecified atom stereocenters. The Morgan fingerprint density at radius 1 is 1.24 bits per heavy atom. The van der Waals surface area contributed by atoms with Crippen LogP contribution in [0, 0.1) is 5.82 Å². The van der Waals surface area contributed by atoms with Crippen LogP contribution in [0.1, 0.15) is 57.4 Å². The number of rotatable bonds is 7. The number of benzene rings is 1. The monoisotopic (exact) mass is 457 g/mol. The van der Waals surface area contributed by atoms with E-state index in [4.69, 9.17) is 9.47 Å². The topological polar surface area (TPSA) is 110 Å². The zero-order valence-corrected chi connectivity index (χ0v) is 18.5. The molecule has 176 valence electrons. The predicted octanol–water partition coefficient (Wildman–Crippen LogP) is 1.77. The maximum absolute atomic E-state index is 14.6. The summed E-state index contributed by atoms with van der Waals surface area (Å²) in [5, 5.41) is 15.6. The van der Waals surface area contributed by atoms with Crippen LogP contribution in [0.4, 0.5) is 4.39 Å². The number of aromatic nitrogens is 1. The molecule has 33 heavy (non-hydrogen) atoms. The molecule has 3 heterocycles. The molecule has 0 bridgehead atoms. The molecule has 2 amide bonds. The van der Waals surface area contributed by atoms with Gasteiger partial charge in [0.25, 0.3) is 11.8 Å². The summed E-state index contributed by atoms with van der Waals surface area (Å²) >= 11 is 0. The van der Waals surface area contributed by atoms with Crippen LogP contribution in [0.2, 0.25) is 0 Å². The van der Waals surface area contributed by atoms with Gasteiger partial charge in [0.05, 0.1) is 36.6 Å². The lowest BCUT2D eigenvalue weighted by atomic mass is 10.0. The van der Waals surface area contributed by atoms with Crippen molar-refractivity contribution >= 4 is 11.8 Å². The molecule has 2 aromatic rings. The number of ether oxygens (including phenoxy) is 2. The Morgan fingerprint density at radius 3 is 2.85 bits per heavy atom.